The van der Waals surface area contributed by atoms with Crippen LogP contribution in [0.25, 0.3) is 0 Å². The lowest BCUT2D eigenvalue weighted by Crippen LogP contribution is -2.42. The smallest absolute Gasteiger partial charge is 0.335 e. The topological polar surface area (TPSA) is 118 Å². The highest BCUT2D eigenvalue weighted by Gasteiger charge is 2.31. The Bertz CT molecular complexity index is 672. The van der Waals surface area contributed by atoms with Crippen LogP contribution < -0.4 is 5.73 Å². The van der Waals surface area contributed by atoms with Crippen molar-refractivity contribution in [2.75, 3.05) is 6.54 Å². The number of nitrogens with zero attached hydrogens (tertiary/aromatic N) is 1. The fraction of sp³-hybridized carbons (Fsp3) is 0.333. The van der Waals surface area contributed by atoms with Gasteiger partial charge in [-0.15, -0.1) is 0 Å². The SMILES string of the molecule is CC(C)N(CC(N)=O)S(=O)(=O)c1ccc(C(=O)O)cc1F. The van der Waals surface area contributed by atoms with Crippen LogP contribution in [0.3, 0.4) is 0 Å². The second-order valence-electron chi connectivity index (χ2n) is 4.56. The van der Waals surface area contributed by atoms with Gasteiger partial charge in [-0.05, 0) is 32.0 Å². The summed E-state index contributed by atoms with van der Waals surface area (Å²) in [6, 6.07) is 1.81. The molecule has 0 atom stereocenters. The number of halogens is 1. The van der Waals surface area contributed by atoms with E-state index in [9.17, 15) is 22.4 Å². The summed E-state index contributed by atoms with van der Waals surface area (Å²) in [7, 11) is -4.30. The zero-order chi connectivity index (χ0) is 16.4. The summed E-state index contributed by atoms with van der Waals surface area (Å²) in [6.45, 7) is 2.41. The van der Waals surface area contributed by atoms with Crippen molar-refractivity contribution in [3.8, 4) is 0 Å². The lowest BCUT2D eigenvalue weighted by atomic mass is 10.2. The molecule has 7 nitrogen and oxygen atoms in total. The van der Waals surface area contributed by atoms with Crippen LogP contribution in [0.5, 0.6) is 0 Å². The van der Waals surface area contributed by atoms with E-state index in [4.69, 9.17) is 10.8 Å². The van der Waals surface area contributed by atoms with E-state index in [2.05, 4.69) is 0 Å². The molecule has 1 rings (SSSR count). The zero-order valence-electron chi connectivity index (χ0n) is 11.4. The average molecular weight is 318 g/mol. The van der Waals surface area contributed by atoms with E-state index >= 15 is 0 Å². The normalized spacial score (nSPS) is 11.9. The fourth-order valence-electron chi connectivity index (χ4n) is 1.67. The molecule has 21 heavy (non-hydrogen) atoms. The summed E-state index contributed by atoms with van der Waals surface area (Å²) < 4.78 is 39.3. The highest BCUT2D eigenvalue weighted by molar-refractivity contribution is 7.89. The molecule has 1 aromatic rings. The Morgan fingerprint density at radius 1 is 1.38 bits per heavy atom. The number of sulfonamides is 1. The predicted molar refractivity (Wildman–Crippen MR) is 71.6 cm³/mol. The molecule has 0 aliphatic rings. The lowest BCUT2D eigenvalue weighted by molar-refractivity contribution is -0.118. The standard InChI is InChI=1S/C12H15FN2O5S/c1-7(2)15(6-11(14)16)21(19,20)10-4-3-8(12(17)18)5-9(10)13/h3-5,7H,6H2,1-2H3,(H2,14,16)(H,17,18). The monoisotopic (exact) mass is 318 g/mol. The van der Waals surface area contributed by atoms with Crippen LogP contribution in [0.1, 0.15) is 24.2 Å². The second-order valence-corrected chi connectivity index (χ2v) is 6.42. The molecule has 1 aromatic carbocycles. The van der Waals surface area contributed by atoms with Crippen molar-refractivity contribution < 1.29 is 27.5 Å². The van der Waals surface area contributed by atoms with Crippen molar-refractivity contribution in [3.05, 3.63) is 29.6 Å². The first kappa shape index (κ1) is 17.1. The minimum Gasteiger partial charge on any atom is -0.478 e. The van der Waals surface area contributed by atoms with Crippen molar-refractivity contribution in [1.29, 1.82) is 0 Å². The van der Waals surface area contributed by atoms with Crippen LogP contribution >= 0.6 is 0 Å². The Morgan fingerprint density at radius 3 is 2.33 bits per heavy atom. The first-order chi connectivity index (χ1) is 9.57. The van der Waals surface area contributed by atoms with E-state index in [0.29, 0.717) is 6.07 Å². The molecule has 116 valence electrons. The molecular formula is C12H15FN2O5S. The van der Waals surface area contributed by atoms with E-state index < -0.39 is 45.2 Å². The minimum absolute atomic E-state index is 0.377. The van der Waals surface area contributed by atoms with Gasteiger partial charge in [0.25, 0.3) is 0 Å². The molecule has 0 aliphatic heterocycles. The number of nitrogens with two attached hydrogens (primary N) is 1. The van der Waals surface area contributed by atoms with Crippen LogP contribution in [0.4, 0.5) is 4.39 Å². The zero-order valence-corrected chi connectivity index (χ0v) is 12.2. The second kappa shape index (κ2) is 6.19. The van der Waals surface area contributed by atoms with Crippen LogP contribution in [0, 0.1) is 5.82 Å². The molecule has 0 fully saturated rings. The summed E-state index contributed by atoms with van der Waals surface area (Å²) >= 11 is 0. The maximum atomic E-state index is 13.9. The van der Waals surface area contributed by atoms with Gasteiger partial charge in [0.05, 0.1) is 12.1 Å². The van der Waals surface area contributed by atoms with E-state index in [1.807, 2.05) is 0 Å². The van der Waals surface area contributed by atoms with Crippen molar-refractivity contribution >= 4 is 21.9 Å². The van der Waals surface area contributed by atoms with Gasteiger partial charge < -0.3 is 10.8 Å². The molecule has 0 unspecified atom stereocenters. The van der Waals surface area contributed by atoms with Gasteiger partial charge in [0.15, 0.2) is 0 Å². The van der Waals surface area contributed by atoms with E-state index in [0.717, 1.165) is 16.4 Å². The number of carbonyl (C=O) groups excluding carboxylic acids is 1. The molecule has 3 N–H and O–H groups in total. The van der Waals surface area contributed by atoms with Crippen LogP contribution in [-0.4, -0.2) is 42.3 Å². The highest BCUT2D eigenvalue weighted by atomic mass is 32.2. The third-order valence-electron chi connectivity index (χ3n) is 2.65. The average Bonchev–Trinajstić information content (AvgIpc) is 2.34. The Hall–Kier alpha value is -2.00. The Morgan fingerprint density at radius 2 is 1.95 bits per heavy atom. The van der Waals surface area contributed by atoms with Gasteiger partial charge in [-0.3, -0.25) is 4.79 Å². The number of benzene rings is 1. The maximum absolute atomic E-state index is 13.9. The molecule has 0 saturated heterocycles. The van der Waals surface area contributed by atoms with Gasteiger partial charge >= 0.3 is 5.97 Å². The molecule has 0 saturated carbocycles. The fourth-order valence-corrected chi connectivity index (χ4v) is 3.32. The first-order valence-electron chi connectivity index (χ1n) is 5.90. The largest absolute Gasteiger partial charge is 0.478 e. The summed E-state index contributed by atoms with van der Waals surface area (Å²) in [5.41, 5.74) is 4.61. The number of carboxylic acids is 1. The number of hydrogen-bond donors (Lipinski definition) is 2. The molecule has 0 aliphatic carbocycles. The highest BCUT2D eigenvalue weighted by Crippen LogP contribution is 2.22. The molecule has 0 bridgehead atoms. The summed E-state index contributed by atoms with van der Waals surface area (Å²) in [5.74, 6) is -3.46. The van der Waals surface area contributed by atoms with E-state index in [1.165, 1.54) is 13.8 Å². The summed E-state index contributed by atoms with van der Waals surface area (Å²) in [6.07, 6.45) is 0. The van der Waals surface area contributed by atoms with E-state index in [-0.39, 0.29) is 5.56 Å². The van der Waals surface area contributed by atoms with E-state index in [1.54, 1.807) is 0 Å². The third-order valence-corrected chi connectivity index (χ3v) is 4.71. The van der Waals surface area contributed by atoms with Crippen molar-refractivity contribution in [2.45, 2.75) is 24.8 Å². The molecule has 0 heterocycles. The van der Waals surface area contributed by atoms with Gasteiger partial charge in [-0.25, -0.2) is 17.6 Å². The van der Waals surface area contributed by atoms with Crippen molar-refractivity contribution in [1.82, 2.24) is 4.31 Å². The number of amides is 1. The molecular weight excluding hydrogens is 303 g/mol. The third kappa shape index (κ3) is 3.76. The van der Waals surface area contributed by atoms with Crippen molar-refractivity contribution in [2.24, 2.45) is 5.73 Å². The molecule has 0 spiro atoms. The lowest BCUT2D eigenvalue weighted by Gasteiger charge is -2.24. The Labute approximate surface area is 121 Å². The quantitative estimate of drug-likeness (QED) is 0.787. The van der Waals surface area contributed by atoms with Crippen LogP contribution in [0.2, 0.25) is 0 Å². The van der Waals surface area contributed by atoms with Gasteiger partial charge in [0, 0.05) is 6.04 Å². The van der Waals surface area contributed by atoms with Gasteiger partial charge in [-0.2, -0.15) is 4.31 Å². The van der Waals surface area contributed by atoms with Gasteiger partial charge in [0.2, 0.25) is 15.9 Å². The number of hydrogen-bond acceptors (Lipinski definition) is 4. The van der Waals surface area contributed by atoms with Gasteiger partial charge in [-0.1, -0.05) is 0 Å². The summed E-state index contributed by atoms with van der Waals surface area (Å²) in [4.78, 5) is 21.0. The number of aromatic carboxylic acids is 1. The number of primary amides is 1. The Kier molecular flexibility index (Phi) is 5.02. The number of carboxylic acid groups (broad SMARTS) is 1. The maximum Gasteiger partial charge on any atom is 0.335 e. The minimum atomic E-state index is -4.30. The molecule has 0 radical (unpaired) electrons. The molecule has 1 amide bonds. The predicted octanol–water partition coefficient (Wildman–Crippen LogP) is 0.408. The van der Waals surface area contributed by atoms with Crippen LogP contribution in [-0.2, 0) is 14.8 Å². The molecule has 9 heteroatoms. The summed E-state index contributed by atoms with van der Waals surface area (Å²) in [5, 5.41) is 8.73. The Balaban J connectivity index is 3.35. The van der Waals surface area contributed by atoms with Crippen LogP contribution in [0.15, 0.2) is 23.1 Å². The molecule has 0 aromatic heterocycles. The number of rotatable bonds is 6. The van der Waals surface area contributed by atoms with Gasteiger partial charge in [0.1, 0.15) is 10.7 Å². The number of carbonyl (C=O) groups is 2. The van der Waals surface area contributed by atoms with Crippen molar-refractivity contribution in [3.63, 3.8) is 0 Å². The first-order valence-corrected chi connectivity index (χ1v) is 7.34.